The molecule has 0 aliphatic heterocycles. The number of nitrogens with one attached hydrogen (secondary N) is 1. The van der Waals surface area contributed by atoms with E-state index in [0.29, 0.717) is 5.75 Å². The Morgan fingerprint density at radius 2 is 1.95 bits per heavy atom. The van der Waals surface area contributed by atoms with Gasteiger partial charge in [-0.15, -0.1) is 0 Å². The number of amides is 1. The Hall–Kier alpha value is -2.24. The number of nitrogens with zero attached hydrogens (tertiary/aromatic N) is 1. The van der Waals surface area contributed by atoms with Crippen molar-refractivity contribution in [2.75, 3.05) is 11.9 Å². The molecule has 0 radical (unpaired) electrons. The second-order valence-corrected chi connectivity index (χ2v) is 5.82. The number of oxime groups is 1. The lowest BCUT2D eigenvalue weighted by Crippen LogP contribution is -2.22. The van der Waals surface area contributed by atoms with E-state index in [1.165, 1.54) is 6.42 Å². The molecule has 1 aromatic rings. The normalized spacial score (nSPS) is 27.0. The number of ether oxygens (including phenoxy) is 1. The molecule has 2 unspecified atom stereocenters. The van der Waals surface area contributed by atoms with Crippen LogP contribution in [0, 0.1) is 17.8 Å². The molecule has 0 saturated heterocycles. The molecule has 1 amide bonds. The Balaban J connectivity index is 1.50. The van der Waals surface area contributed by atoms with Gasteiger partial charge in [-0.2, -0.15) is 0 Å². The highest BCUT2D eigenvalue weighted by Crippen LogP contribution is 2.54. The van der Waals surface area contributed by atoms with E-state index >= 15 is 0 Å². The number of nitrogens with two attached hydrogens (primary N) is 1. The van der Waals surface area contributed by atoms with Gasteiger partial charge >= 0.3 is 0 Å². The van der Waals surface area contributed by atoms with E-state index in [9.17, 15) is 4.79 Å². The van der Waals surface area contributed by atoms with Crippen molar-refractivity contribution in [2.45, 2.75) is 19.3 Å². The fourth-order valence-electron chi connectivity index (χ4n) is 2.99. The summed E-state index contributed by atoms with van der Waals surface area (Å²) in [6, 6.07) is 7.06. The molecule has 6 nitrogen and oxygen atoms in total. The fraction of sp³-hybridized carbons (Fsp3) is 0.467. The third-order valence-corrected chi connectivity index (χ3v) is 4.25. The summed E-state index contributed by atoms with van der Waals surface area (Å²) in [4.78, 5) is 12.1. The Labute approximate surface area is 123 Å². The van der Waals surface area contributed by atoms with Crippen LogP contribution < -0.4 is 15.8 Å². The molecule has 3 rings (SSSR count). The van der Waals surface area contributed by atoms with Gasteiger partial charge in [-0.05, 0) is 55.4 Å². The van der Waals surface area contributed by atoms with Gasteiger partial charge in [0.2, 0.25) is 5.91 Å². The largest absolute Gasteiger partial charge is 0.486 e. The molecule has 2 fully saturated rings. The second-order valence-electron chi connectivity index (χ2n) is 5.82. The third kappa shape index (κ3) is 3.26. The van der Waals surface area contributed by atoms with Crippen LogP contribution in [0.3, 0.4) is 0 Å². The predicted octanol–water partition coefficient (Wildman–Crippen LogP) is 1.80. The molecular formula is C15H19N3O3. The van der Waals surface area contributed by atoms with Crippen molar-refractivity contribution in [3.8, 4) is 5.75 Å². The van der Waals surface area contributed by atoms with Crippen molar-refractivity contribution in [2.24, 2.45) is 28.6 Å². The van der Waals surface area contributed by atoms with Crippen LogP contribution in [-0.4, -0.2) is 23.6 Å². The lowest BCUT2D eigenvalue weighted by atomic mass is 10.0. The topological polar surface area (TPSA) is 96.9 Å². The molecule has 0 aromatic heterocycles. The Kier molecular flexibility index (Phi) is 3.68. The fourth-order valence-corrected chi connectivity index (χ4v) is 2.99. The SMILES string of the molecule is N/C(COc1ccc(NC(=O)C2CC3CC3C2)cc1)=N/O. The van der Waals surface area contributed by atoms with Gasteiger partial charge in [0.25, 0.3) is 0 Å². The van der Waals surface area contributed by atoms with Crippen LogP contribution in [0.15, 0.2) is 29.4 Å². The van der Waals surface area contributed by atoms with Crippen LogP contribution in [0.1, 0.15) is 19.3 Å². The van der Waals surface area contributed by atoms with Gasteiger partial charge < -0.3 is 21.0 Å². The van der Waals surface area contributed by atoms with E-state index in [2.05, 4.69) is 10.5 Å². The van der Waals surface area contributed by atoms with Crippen LogP contribution in [0.25, 0.3) is 0 Å². The number of fused-ring (bicyclic) bond motifs is 1. The number of hydrogen-bond acceptors (Lipinski definition) is 4. The molecule has 0 spiro atoms. The van der Waals surface area contributed by atoms with E-state index < -0.39 is 0 Å². The number of hydrogen-bond donors (Lipinski definition) is 3. The molecule has 6 heteroatoms. The van der Waals surface area contributed by atoms with Crippen LogP contribution in [0.2, 0.25) is 0 Å². The van der Waals surface area contributed by atoms with Gasteiger partial charge in [-0.1, -0.05) is 5.16 Å². The number of carbonyl (C=O) groups excluding carboxylic acids is 1. The number of benzene rings is 1. The highest BCUT2D eigenvalue weighted by atomic mass is 16.5. The quantitative estimate of drug-likeness (QED) is 0.333. The lowest BCUT2D eigenvalue weighted by Gasteiger charge is -2.12. The lowest BCUT2D eigenvalue weighted by molar-refractivity contribution is -0.120. The van der Waals surface area contributed by atoms with Gasteiger partial charge in [0, 0.05) is 11.6 Å². The number of anilines is 1. The van der Waals surface area contributed by atoms with Gasteiger partial charge in [0.05, 0.1) is 0 Å². The molecule has 21 heavy (non-hydrogen) atoms. The van der Waals surface area contributed by atoms with Crippen molar-refractivity contribution >= 4 is 17.4 Å². The minimum atomic E-state index is 0.00665. The zero-order chi connectivity index (χ0) is 14.8. The molecule has 4 N–H and O–H groups in total. The van der Waals surface area contributed by atoms with Crippen molar-refractivity contribution in [3.63, 3.8) is 0 Å². The van der Waals surface area contributed by atoms with Gasteiger partial charge in [-0.25, -0.2) is 0 Å². The van der Waals surface area contributed by atoms with E-state index in [0.717, 1.165) is 30.4 Å². The highest BCUT2D eigenvalue weighted by Gasteiger charge is 2.47. The zero-order valence-corrected chi connectivity index (χ0v) is 11.7. The maximum absolute atomic E-state index is 12.1. The second kappa shape index (κ2) is 5.63. The minimum Gasteiger partial charge on any atom is -0.486 e. The van der Waals surface area contributed by atoms with Gasteiger partial charge in [0.1, 0.15) is 12.4 Å². The molecule has 1 aromatic carbocycles. The summed E-state index contributed by atoms with van der Waals surface area (Å²) < 4.78 is 5.31. The zero-order valence-electron chi connectivity index (χ0n) is 11.7. The number of rotatable bonds is 5. The first kappa shape index (κ1) is 13.7. The van der Waals surface area contributed by atoms with Gasteiger partial charge in [-0.3, -0.25) is 4.79 Å². The Bertz CT molecular complexity index is 546. The first-order valence-electron chi connectivity index (χ1n) is 7.16. The van der Waals surface area contributed by atoms with E-state index in [-0.39, 0.29) is 24.3 Å². The predicted molar refractivity (Wildman–Crippen MR) is 78.3 cm³/mol. The first-order chi connectivity index (χ1) is 10.2. The minimum absolute atomic E-state index is 0.00665. The average molecular weight is 289 g/mol. The highest BCUT2D eigenvalue weighted by molar-refractivity contribution is 5.92. The number of carbonyl (C=O) groups is 1. The smallest absolute Gasteiger partial charge is 0.227 e. The monoisotopic (exact) mass is 289 g/mol. The Morgan fingerprint density at radius 1 is 1.29 bits per heavy atom. The van der Waals surface area contributed by atoms with E-state index in [1.54, 1.807) is 24.3 Å². The molecule has 2 aliphatic carbocycles. The van der Waals surface area contributed by atoms with Crippen LogP contribution in [0.4, 0.5) is 5.69 Å². The van der Waals surface area contributed by atoms with Crippen molar-refractivity contribution in [1.82, 2.24) is 0 Å². The maximum Gasteiger partial charge on any atom is 0.227 e. The number of amidine groups is 1. The standard InChI is InChI=1S/C15H19N3O3/c16-14(18-20)8-21-13-3-1-12(2-4-13)17-15(19)11-6-9-5-10(9)7-11/h1-4,9-11,20H,5-8H2,(H2,16,18)(H,17,19). The molecular weight excluding hydrogens is 270 g/mol. The van der Waals surface area contributed by atoms with E-state index in [1.807, 2.05) is 0 Å². The van der Waals surface area contributed by atoms with Crippen molar-refractivity contribution in [1.29, 1.82) is 0 Å². The summed E-state index contributed by atoms with van der Waals surface area (Å²) in [5, 5.41) is 14.2. The van der Waals surface area contributed by atoms with Crippen LogP contribution in [-0.2, 0) is 4.79 Å². The van der Waals surface area contributed by atoms with Crippen molar-refractivity contribution < 1.29 is 14.7 Å². The van der Waals surface area contributed by atoms with Crippen LogP contribution >= 0.6 is 0 Å². The molecule has 0 bridgehead atoms. The summed E-state index contributed by atoms with van der Waals surface area (Å²) in [7, 11) is 0. The summed E-state index contributed by atoms with van der Waals surface area (Å²) in [5.41, 5.74) is 6.08. The molecule has 112 valence electrons. The van der Waals surface area contributed by atoms with Gasteiger partial charge in [0.15, 0.2) is 5.84 Å². The molecule has 2 saturated carbocycles. The Morgan fingerprint density at radius 3 is 2.57 bits per heavy atom. The van der Waals surface area contributed by atoms with E-state index in [4.69, 9.17) is 15.7 Å². The molecule has 2 aliphatic rings. The summed E-state index contributed by atoms with van der Waals surface area (Å²) in [5.74, 6) is 2.50. The molecule has 0 heterocycles. The first-order valence-corrected chi connectivity index (χ1v) is 7.16. The average Bonchev–Trinajstić information content (AvgIpc) is 3.12. The third-order valence-electron chi connectivity index (χ3n) is 4.25. The molecule has 2 atom stereocenters. The van der Waals surface area contributed by atoms with Crippen LogP contribution in [0.5, 0.6) is 5.75 Å². The summed E-state index contributed by atoms with van der Waals surface area (Å²) >= 11 is 0. The summed E-state index contributed by atoms with van der Waals surface area (Å²) in [6.07, 6.45) is 3.39. The van der Waals surface area contributed by atoms with Crippen molar-refractivity contribution in [3.05, 3.63) is 24.3 Å². The maximum atomic E-state index is 12.1. The summed E-state index contributed by atoms with van der Waals surface area (Å²) in [6.45, 7) is 0.0209.